The summed E-state index contributed by atoms with van der Waals surface area (Å²) in [4.78, 5) is 10.9. The molecular formula is C19H28F2N6O2S. The molecule has 2 aliphatic rings. The maximum atomic E-state index is 14.8. The Bertz CT molecular complexity index is 1030. The van der Waals surface area contributed by atoms with Gasteiger partial charge in [-0.2, -0.15) is 9.29 Å². The lowest BCUT2D eigenvalue weighted by atomic mass is 10.0. The van der Waals surface area contributed by atoms with E-state index in [-0.39, 0.29) is 25.1 Å². The number of aryl methyl sites for hydroxylation is 1. The van der Waals surface area contributed by atoms with Crippen LogP contribution in [0, 0.1) is 6.92 Å². The van der Waals surface area contributed by atoms with Crippen molar-refractivity contribution < 1.29 is 17.2 Å². The highest BCUT2D eigenvalue weighted by atomic mass is 32.2. The normalized spacial score (nSPS) is 29.4. The van der Waals surface area contributed by atoms with Gasteiger partial charge >= 0.3 is 0 Å². The van der Waals surface area contributed by atoms with Gasteiger partial charge in [0, 0.05) is 43.5 Å². The van der Waals surface area contributed by atoms with Crippen LogP contribution >= 0.6 is 0 Å². The average molecular weight is 443 g/mol. The lowest BCUT2D eigenvalue weighted by Crippen LogP contribution is -2.49. The summed E-state index contributed by atoms with van der Waals surface area (Å²) in [7, 11) is -1.50. The molecule has 2 aromatic heterocycles. The number of fused-ring (bicyclic) bond motifs is 1. The fourth-order valence-corrected chi connectivity index (χ4v) is 5.32. The van der Waals surface area contributed by atoms with Crippen molar-refractivity contribution in [1.29, 1.82) is 0 Å². The molecule has 0 unspecified atom stereocenters. The number of alkyl halides is 2. The fraction of sp³-hybridized carbons (Fsp3) is 0.684. The number of rotatable bonds is 4. The van der Waals surface area contributed by atoms with Gasteiger partial charge in [0.05, 0.1) is 18.3 Å². The predicted molar refractivity (Wildman–Crippen MR) is 112 cm³/mol. The van der Waals surface area contributed by atoms with E-state index in [1.165, 1.54) is 0 Å². The molecule has 8 nitrogen and oxygen atoms in total. The van der Waals surface area contributed by atoms with Gasteiger partial charge in [0.25, 0.3) is 0 Å². The summed E-state index contributed by atoms with van der Waals surface area (Å²) < 4.78 is 55.8. The first-order valence-corrected chi connectivity index (χ1v) is 12.0. The van der Waals surface area contributed by atoms with E-state index in [0.29, 0.717) is 25.0 Å². The summed E-state index contributed by atoms with van der Waals surface area (Å²) in [6, 6.07) is 1.06. The van der Waals surface area contributed by atoms with Crippen LogP contribution in [-0.4, -0.2) is 90.0 Å². The van der Waals surface area contributed by atoms with Crippen LogP contribution < -0.4 is 5.32 Å². The van der Waals surface area contributed by atoms with Gasteiger partial charge in [-0.25, -0.2) is 22.2 Å². The number of aromatic nitrogens is 3. The van der Waals surface area contributed by atoms with Crippen molar-refractivity contribution in [2.24, 2.45) is 0 Å². The number of nitrogens with zero attached hydrogens (tertiary/aromatic N) is 5. The summed E-state index contributed by atoms with van der Waals surface area (Å²) in [5, 5.41) is 3.83. The predicted octanol–water partition coefficient (Wildman–Crippen LogP) is 1.74. The summed E-state index contributed by atoms with van der Waals surface area (Å²) in [6.07, 6.45) is 1.38. The minimum Gasteiger partial charge on any atom is -0.348 e. The van der Waals surface area contributed by atoms with Crippen LogP contribution in [0.15, 0.2) is 12.3 Å². The monoisotopic (exact) mass is 442 g/mol. The van der Waals surface area contributed by atoms with E-state index < -0.39 is 28.4 Å². The molecule has 0 amide bonds. The number of piperidine rings is 2. The summed E-state index contributed by atoms with van der Waals surface area (Å²) in [6.45, 7) is 3.17. The molecule has 0 spiro atoms. The number of likely N-dealkylation sites (tertiary alicyclic amines) is 1. The smallest absolute Gasteiger partial charge is 0.224 e. The second-order valence-electron chi connectivity index (χ2n) is 8.44. The molecule has 0 aromatic carbocycles. The number of nitrogens with one attached hydrogen (secondary N) is 1. The number of anilines is 1. The Balaban J connectivity index is 1.57. The van der Waals surface area contributed by atoms with Crippen molar-refractivity contribution in [2.45, 2.75) is 44.2 Å². The first-order chi connectivity index (χ1) is 14.1. The molecule has 2 fully saturated rings. The first kappa shape index (κ1) is 21.4. The molecule has 4 rings (SSSR count). The zero-order valence-electron chi connectivity index (χ0n) is 17.4. The SMILES string of the molecule is Cc1cc2cnc(N[C@@H]3CCN(S(C)(=O)=O)C[C@H]3F)nc2n1[C@H]1CCN(C)C[C@@H]1F. The third-order valence-electron chi connectivity index (χ3n) is 6.10. The maximum absolute atomic E-state index is 14.8. The van der Waals surface area contributed by atoms with E-state index in [1.807, 2.05) is 29.5 Å². The first-order valence-electron chi connectivity index (χ1n) is 10.2. The van der Waals surface area contributed by atoms with Crippen molar-refractivity contribution in [2.75, 3.05) is 44.8 Å². The largest absolute Gasteiger partial charge is 0.348 e. The van der Waals surface area contributed by atoms with Crippen LogP contribution in [0.25, 0.3) is 11.0 Å². The van der Waals surface area contributed by atoms with Gasteiger partial charge in [-0.3, -0.25) is 0 Å². The van der Waals surface area contributed by atoms with Gasteiger partial charge in [-0.15, -0.1) is 0 Å². The zero-order valence-corrected chi connectivity index (χ0v) is 18.2. The highest BCUT2D eigenvalue weighted by Crippen LogP contribution is 2.31. The molecule has 2 aliphatic heterocycles. The molecule has 0 saturated carbocycles. The number of halogens is 2. The van der Waals surface area contributed by atoms with Gasteiger partial charge in [-0.05, 0) is 32.9 Å². The third kappa shape index (κ3) is 4.15. The average Bonchev–Trinajstić information content (AvgIpc) is 2.98. The summed E-state index contributed by atoms with van der Waals surface area (Å²) in [5.41, 5.74) is 1.55. The highest BCUT2D eigenvalue weighted by Gasteiger charge is 2.34. The van der Waals surface area contributed by atoms with E-state index >= 15 is 0 Å². The van der Waals surface area contributed by atoms with E-state index in [9.17, 15) is 17.2 Å². The van der Waals surface area contributed by atoms with Crippen molar-refractivity contribution in [3.05, 3.63) is 18.0 Å². The van der Waals surface area contributed by atoms with Gasteiger partial charge in [0.2, 0.25) is 16.0 Å². The fourth-order valence-electron chi connectivity index (χ4n) is 4.47. The highest BCUT2D eigenvalue weighted by molar-refractivity contribution is 7.88. The molecule has 4 heterocycles. The third-order valence-corrected chi connectivity index (χ3v) is 7.37. The Labute approximate surface area is 175 Å². The van der Waals surface area contributed by atoms with E-state index in [0.717, 1.165) is 28.2 Å². The summed E-state index contributed by atoms with van der Waals surface area (Å²) >= 11 is 0. The molecule has 0 bridgehead atoms. The minimum atomic E-state index is -3.42. The van der Waals surface area contributed by atoms with Crippen molar-refractivity contribution in [3.8, 4) is 0 Å². The van der Waals surface area contributed by atoms with Gasteiger partial charge in [0.1, 0.15) is 18.0 Å². The molecule has 2 saturated heterocycles. The van der Waals surface area contributed by atoms with Gasteiger partial charge in [-0.1, -0.05) is 0 Å². The molecule has 4 atom stereocenters. The Kier molecular flexibility index (Phi) is 5.71. The topological polar surface area (TPSA) is 83.4 Å². The van der Waals surface area contributed by atoms with E-state index in [1.54, 1.807) is 6.20 Å². The van der Waals surface area contributed by atoms with Crippen LogP contribution in [0.4, 0.5) is 14.7 Å². The zero-order chi connectivity index (χ0) is 21.6. The van der Waals surface area contributed by atoms with Crippen molar-refractivity contribution >= 4 is 27.0 Å². The lowest BCUT2D eigenvalue weighted by Gasteiger charge is -2.34. The number of sulfonamides is 1. The maximum Gasteiger partial charge on any atom is 0.224 e. The number of hydrogen-bond acceptors (Lipinski definition) is 6. The summed E-state index contributed by atoms with van der Waals surface area (Å²) in [5.74, 6) is 0.269. The quantitative estimate of drug-likeness (QED) is 0.777. The van der Waals surface area contributed by atoms with Gasteiger partial charge in [0.15, 0.2) is 0 Å². The molecule has 2 aromatic rings. The molecule has 30 heavy (non-hydrogen) atoms. The lowest BCUT2D eigenvalue weighted by molar-refractivity contribution is 0.108. The standard InChI is InChI=1S/C19H28F2N6O2S/c1-12-8-13-9-22-19(23-16-4-7-26(11-14(16)20)30(3,28)29)24-18(13)27(12)17-5-6-25(2)10-15(17)21/h8-9,14-17H,4-7,10-11H2,1-3H3,(H,22,23,24)/t14-,15+,16-,17+/m1/s1. The molecule has 166 valence electrons. The van der Waals surface area contributed by atoms with Crippen molar-refractivity contribution in [3.63, 3.8) is 0 Å². The molecular weight excluding hydrogens is 414 g/mol. The molecule has 0 radical (unpaired) electrons. The van der Waals surface area contributed by atoms with Gasteiger partial charge < -0.3 is 14.8 Å². The van der Waals surface area contributed by atoms with E-state index in [2.05, 4.69) is 15.3 Å². The Hall–Kier alpha value is -1.85. The molecule has 0 aliphatic carbocycles. The van der Waals surface area contributed by atoms with Crippen LogP contribution in [0.3, 0.4) is 0 Å². The minimum absolute atomic E-state index is 0.187. The molecule has 11 heteroatoms. The Morgan fingerprint density at radius 2 is 1.93 bits per heavy atom. The van der Waals surface area contributed by atoms with E-state index in [4.69, 9.17) is 0 Å². The van der Waals surface area contributed by atoms with Crippen LogP contribution in [-0.2, 0) is 10.0 Å². The number of hydrogen-bond donors (Lipinski definition) is 1. The Morgan fingerprint density at radius 3 is 2.60 bits per heavy atom. The van der Waals surface area contributed by atoms with Crippen LogP contribution in [0.5, 0.6) is 0 Å². The van der Waals surface area contributed by atoms with Crippen LogP contribution in [0.2, 0.25) is 0 Å². The Morgan fingerprint density at radius 1 is 1.17 bits per heavy atom. The van der Waals surface area contributed by atoms with Crippen LogP contribution in [0.1, 0.15) is 24.6 Å². The van der Waals surface area contributed by atoms with Crippen molar-refractivity contribution in [1.82, 2.24) is 23.7 Å². The molecule has 1 N–H and O–H groups in total. The second kappa shape index (κ2) is 8.01. The second-order valence-corrected chi connectivity index (χ2v) is 10.4.